The number of hydrogen-bond donors (Lipinski definition) is 4. The number of aromatic amines is 1. The van der Waals surface area contributed by atoms with Gasteiger partial charge in [-0.05, 0) is 56.1 Å². The minimum atomic E-state index is -4.29. The number of anilines is 2. The summed E-state index contributed by atoms with van der Waals surface area (Å²) in [6, 6.07) is 10.2. The summed E-state index contributed by atoms with van der Waals surface area (Å²) in [5.41, 5.74) is 1.15. The molecule has 2 saturated carbocycles. The number of nitriles is 1. The molecule has 4 aromatic heterocycles. The first kappa shape index (κ1) is 38.9. The lowest BCUT2D eigenvalue weighted by atomic mass is 10.1. The molecule has 0 saturated heterocycles. The number of nitrogens with one attached hydrogen (secondary N) is 3. The smallest absolute Gasteiger partial charge is 0.396 e. The van der Waals surface area contributed by atoms with Crippen molar-refractivity contribution in [1.82, 2.24) is 39.0 Å². The number of nitrogens with zero attached hydrogens (tertiary/aromatic N) is 8. The number of phosphoric ester groups is 1. The van der Waals surface area contributed by atoms with Crippen LogP contribution in [0.2, 0.25) is 0 Å². The standard InChI is InChI=1S/C36H42N11O8P/c1-21(2)33(49)44-36-43-32-29(35(51)45-36)41-20-47(32)26-14-23(16-48)15-27(26)55-56(52,53-12-6-11-37)54-17-22-9-10-25(13-22)46-19-40-28-30(38-18-39-31(28)46)42-34(50)24-7-4-3-5-8-24/h3-5,7-8,18-23,25-27,48H,6,9-10,12-17H2,1-2H3,(H,38,39,42,50)(H2,43,44,45,49,51)/t22-,23+,25+,26-,27-,56?/m1/s1. The lowest BCUT2D eigenvalue weighted by molar-refractivity contribution is -0.118. The molecule has 1 unspecified atom stereocenters. The van der Waals surface area contributed by atoms with Gasteiger partial charge in [-0.15, -0.1) is 0 Å². The number of aliphatic hydroxyl groups excluding tert-OH is 1. The van der Waals surface area contributed by atoms with E-state index in [0.717, 1.165) is 12.8 Å². The Morgan fingerprint density at radius 2 is 1.79 bits per heavy atom. The first-order valence-electron chi connectivity index (χ1n) is 18.4. The molecule has 2 amide bonds. The molecular weight excluding hydrogens is 745 g/mol. The van der Waals surface area contributed by atoms with E-state index in [1.165, 1.54) is 12.7 Å². The number of aliphatic hydroxyl groups is 1. The van der Waals surface area contributed by atoms with E-state index < -0.39 is 25.5 Å². The highest BCUT2D eigenvalue weighted by atomic mass is 31.2. The molecule has 4 N–H and O–H groups in total. The molecule has 2 aliphatic rings. The van der Waals surface area contributed by atoms with Gasteiger partial charge in [0, 0.05) is 24.1 Å². The Hall–Kier alpha value is -5.38. The van der Waals surface area contributed by atoms with Crippen molar-refractivity contribution in [2.24, 2.45) is 17.8 Å². The third-order valence-electron chi connectivity index (χ3n) is 10.1. The highest BCUT2D eigenvalue weighted by Crippen LogP contribution is 2.55. The highest BCUT2D eigenvalue weighted by Gasteiger charge is 2.43. The average molecular weight is 788 g/mol. The molecule has 56 heavy (non-hydrogen) atoms. The van der Waals surface area contributed by atoms with E-state index >= 15 is 0 Å². The van der Waals surface area contributed by atoms with E-state index in [0.29, 0.717) is 35.4 Å². The molecule has 20 heteroatoms. The molecule has 294 valence electrons. The molecule has 1 aromatic carbocycles. The number of fused-ring (bicyclic) bond motifs is 2. The summed E-state index contributed by atoms with van der Waals surface area (Å²) >= 11 is 0. The van der Waals surface area contributed by atoms with Crippen molar-refractivity contribution in [2.45, 2.75) is 70.6 Å². The second-order valence-electron chi connectivity index (χ2n) is 14.3. The van der Waals surface area contributed by atoms with Gasteiger partial charge in [0.05, 0.1) is 50.5 Å². The van der Waals surface area contributed by atoms with Crippen LogP contribution in [0.5, 0.6) is 0 Å². The van der Waals surface area contributed by atoms with Gasteiger partial charge in [-0.25, -0.2) is 24.5 Å². The molecule has 6 atom stereocenters. The third kappa shape index (κ3) is 8.39. The van der Waals surface area contributed by atoms with E-state index in [2.05, 4.69) is 40.5 Å². The van der Waals surface area contributed by atoms with Gasteiger partial charge in [-0.3, -0.25) is 38.3 Å². The summed E-state index contributed by atoms with van der Waals surface area (Å²) in [4.78, 5) is 62.6. The average Bonchev–Trinajstić information content (AvgIpc) is 4.00. The summed E-state index contributed by atoms with van der Waals surface area (Å²) < 4.78 is 35.8. The molecule has 2 fully saturated rings. The van der Waals surface area contributed by atoms with Crippen LogP contribution in [0.3, 0.4) is 0 Å². The van der Waals surface area contributed by atoms with Crippen molar-refractivity contribution in [3.63, 3.8) is 0 Å². The monoisotopic (exact) mass is 787 g/mol. The topological polar surface area (TPSA) is 254 Å². The highest BCUT2D eigenvalue weighted by molar-refractivity contribution is 7.48. The molecule has 4 heterocycles. The van der Waals surface area contributed by atoms with Crippen LogP contribution in [0, 0.1) is 29.1 Å². The summed E-state index contributed by atoms with van der Waals surface area (Å²) in [7, 11) is -4.29. The lowest BCUT2D eigenvalue weighted by Crippen LogP contribution is -2.24. The summed E-state index contributed by atoms with van der Waals surface area (Å²) in [6.07, 6.45) is 6.36. The van der Waals surface area contributed by atoms with E-state index in [1.54, 1.807) is 49.0 Å². The van der Waals surface area contributed by atoms with Crippen molar-refractivity contribution in [2.75, 3.05) is 30.5 Å². The van der Waals surface area contributed by atoms with Gasteiger partial charge in [-0.1, -0.05) is 32.0 Å². The Bertz CT molecular complexity index is 2360. The first-order valence-corrected chi connectivity index (χ1v) is 19.9. The number of benzene rings is 1. The summed E-state index contributed by atoms with van der Waals surface area (Å²) in [5, 5.41) is 24.8. The zero-order chi connectivity index (χ0) is 39.4. The summed E-state index contributed by atoms with van der Waals surface area (Å²) in [5.74, 6) is -1.08. The molecule has 2 aliphatic carbocycles. The van der Waals surface area contributed by atoms with Crippen molar-refractivity contribution < 1.29 is 32.8 Å². The second kappa shape index (κ2) is 16.8. The Balaban J connectivity index is 1.06. The maximum absolute atomic E-state index is 14.3. The van der Waals surface area contributed by atoms with Crippen molar-refractivity contribution >= 4 is 53.7 Å². The van der Waals surface area contributed by atoms with E-state index in [4.69, 9.17) is 13.6 Å². The van der Waals surface area contributed by atoms with Gasteiger partial charge < -0.3 is 19.6 Å². The maximum atomic E-state index is 14.3. The fourth-order valence-corrected chi connectivity index (χ4v) is 8.68. The number of carbonyl (C=O) groups is 2. The quantitative estimate of drug-likeness (QED) is 0.0840. The van der Waals surface area contributed by atoms with Gasteiger partial charge in [0.15, 0.2) is 28.1 Å². The van der Waals surface area contributed by atoms with Crippen molar-refractivity contribution in [3.05, 3.63) is 65.2 Å². The van der Waals surface area contributed by atoms with E-state index in [9.17, 15) is 29.3 Å². The van der Waals surface area contributed by atoms with Crippen LogP contribution in [-0.2, 0) is 22.9 Å². The minimum absolute atomic E-state index is 0.0223. The summed E-state index contributed by atoms with van der Waals surface area (Å²) in [6.45, 7) is 3.07. The van der Waals surface area contributed by atoms with E-state index in [-0.39, 0.29) is 85.4 Å². The van der Waals surface area contributed by atoms with Gasteiger partial charge >= 0.3 is 7.82 Å². The Morgan fingerprint density at radius 3 is 2.55 bits per heavy atom. The Morgan fingerprint density at radius 1 is 1.00 bits per heavy atom. The molecular formula is C36H42N11O8P. The number of amides is 2. The molecule has 5 aromatic rings. The zero-order valence-corrected chi connectivity index (χ0v) is 31.7. The lowest BCUT2D eigenvalue weighted by Gasteiger charge is -2.26. The van der Waals surface area contributed by atoms with Gasteiger partial charge in [0.1, 0.15) is 6.33 Å². The number of rotatable bonds is 15. The Labute approximate surface area is 320 Å². The van der Waals surface area contributed by atoms with E-state index in [1.807, 2.05) is 16.7 Å². The predicted octanol–water partition coefficient (Wildman–Crippen LogP) is 4.53. The zero-order valence-electron chi connectivity index (χ0n) is 30.8. The van der Waals surface area contributed by atoms with Crippen LogP contribution in [-0.4, -0.2) is 81.9 Å². The number of aromatic nitrogens is 8. The molecule has 0 bridgehead atoms. The molecule has 0 aliphatic heterocycles. The SMILES string of the molecule is CC(C)C(=O)Nc1nc2c(ncn2[C@@H]2C[C@H](CO)C[C@H]2OP(=O)(OCCC#N)OC[C@@H]2CC[C@H](n3cnc4c(NC(=O)c5ccccc5)ncnc43)C2)c(=O)[nH]1. The second-order valence-corrected chi connectivity index (χ2v) is 15.9. The van der Waals surface area contributed by atoms with Crippen LogP contribution >= 0.6 is 7.82 Å². The number of hydrogen-bond acceptors (Lipinski definition) is 14. The number of carbonyl (C=O) groups excluding carboxylic acids is 2. The number of imidazole rings is 2. The first-order chi connectivity index (χ1) is 27.1. The normalized spacial score (nSPS) is 22.0. The predicted molar refractivity (Wildman–Crippen MR) is 201 cm³/mol. The largest absolute Gasteiger partial charge is 0.475 e. The van der Waals surface area contributed by atoms with Crippen LogP contribution in [0.15, 0.2) is 54.1 Å². The molecule has 0 radical (unpaired) electrons. The van der Waals surface area contributed by atoms with Crippen molar-refractivity contribution in [1.29, 1.82) is 5.26 Å². The minimum Gasteiger partial charge on any atom is -0.396 e. The fourth-order valence-electron chi connectivity index (χ4n) is 7.22. The Kier molecular flexibility index (Phi) is 11.6. The van der Waals surface area contributed by atoms with Crippen LogP contribution in [0.25, 0.3) is 22.3 Å². The van der Waals surface area contributed by atoms with Gasteiger partial charge in [0.25, 0.3) is 11.5 Å². The number of H-pyrrole nitrogens is 1. The molecule has 7 rings (SSSR count). The van der Waals surface area contributed by atoms with Crippen molar-refractivity contribution in [3.8, 4) is 6.07 Å². The molecule has 0 spiro atoms. The molecule has 19 nitrogen and oxygen atoms in total. The van der Waals surface area contributed by atoms with Crippen LogP contribution in [0.4, 0.5) is 11.8 Å². The fraction of sp³-hybridized carbons (Fsp3) is 0.472. The van der Waals surface area contributed by atoms with Crippen LogP contribution in [0.1, 0.15) is 74.8 Å². The number of phosphoric acid groups is 1. The third-order valence-corrected chi connectivity index (χ3v) is 11.6. The van der Waals surface area contributed by atoms with Crippen LogP contribution < -0.4 is 16.2 Å². The van der Waals surface area contributed by atoms with Gasteiger partial charge in [-0.2, -0.15) is 10.2 Å². The maximum Gasteiger partial charge on any atom is 0.475 e. The van der Waals surface area contributed by atoms with Gasteiger partial charge in [0.2, 0.25) is 11.9 Å².